The van der Waals surface area contributed by atoms with Crippen LogP contribution in [0.1, 0.15) is 20.3 Å². The van der Waals surface area contributed by atoms with Gasteiger partial charge in [-0.3, -0.25) is 4.90 Å². The Balaban J connectivity index is 2.07. The zero-order valence-corrected chi connectivity index (χ0v) is 10.9. The van der Waals surface area contributed by atoms with Crippen molar-refractivity contribution in [3.63, 3.8) is 0 Å². The molecule has 1 heterocycles. The number of nitrogens with one attached hydrogen (secondary N) is 3. The minimum atomic E-state index is -0.118. The van der Waals surface area contributed by atoms with Crippen LogP contribution in [0.2, 0.25) is 0 Å². The maximum absolute atomic E-state index is 11.4. The highest BCUT2D eigenvalue weighted by Crippen LogP contribution is 1.94. The molecule has 1 rings (SSSR count). The van der Waals surface area contributed by atoms with Crippen molar-refractivity contribution in [3.8, 4) is 0 Å². The highest BCUT2D eigenvalue weighted by Gasteiger charge is 2.08. The molecule has 2 amide bonds. The first-order valence-corrected chi connectivity index (χ1v) is 6.35. The van der Waals surface area contributed by atoms with Gasteiger partial charge in [0.2, 0.25) is 0 Å². The number of rotatable bonds is 5. The van der Waals surface area contributed by atoms with Gasteiger partial charge in [0.15, 0.2) is 0 Å². The molecule has 0 aromatic heterocycles. The predicted molar refractivity (Wildman–Crippen MR) is 69.9 cm³/mol. The molecule has 0 atom stereocenters. The number of amides is 2. The van der Waals surface area contributed by atoms with Crippen molar-refractivity contribution in [1.82, 2.24) is 20.9 Å². The third-order valence-electron chi connectivity index (χ3n) is 2.93. The minimum Gasteiger partial charge on any atom is -0.337 e. The van der Waals surface area contributed by atoms with Gasteiger partial charge in [0.1, 0.15) is 0 Å². The molecule has 0 aromatic rings. The summed E-state index contributed by atoms with van der Waals surface area (Å²) < 4.78 is 0. The second-order valence-electron chi connectivity index (χ2n) is 4.34. The molecule has 5 nitrogen and oxygen atoms in total. The normalized spacial score (nSPS) is 17.9. The van der Waals surface area contributed by atoms with Crippen LogP contribution in [0.15, 0.2) is 11.8 Å². The van der Waals surface area contributed by atoms with Gasteiger partial charge >= 0.3 is 6.03 Å². The van der Waals surface area contributed by atoms with Gasteiger partial charge in [0.25, 0.3) is 0 Å². The van der Waals surface area contributed by atoms with Gasteiger partial charge in [0, 0.05) is 45.5 Å². The number of carbonyl (C=O) groups is 1. The van der Waals surface area contributed by atoms with Gasteiger partial charge in [0.05, 0.1) is 0 Å². The third kappa shape index (κ3) is 6.28. The molecule has 1 saturated heterocycles. The Bertz CT molecular complexity index is 259. The average Bonchev–Trinajstić information content (AvgIpc) is 2.37. The molecule has 1 aliphatic heterocycles. The van der Waals surface area contributed by atoms with Crippen LogP contribution in [0.4, 0.5) is 4.79 Å². The van der Waals surface area contributed by atoms with E-state index in [4.69, 9.17) is 0 Å². The molecule has 0 bridgehead atoms. The molecule has 0 saturated carbocycles. The van der Waals surface area contributed by atoms with E-state index >= 15 is 0 Å². The van der Waals surface area contributed by atoms with Gasteiger partial charge < -0.3 is 16.0 Å². The lowest BCUT2D eigenvalue weighted by atomic mass is 10.3. The number of hydrogen-bond acceptors (Lipinski definition) is 3. The summed E-state index contributed by atoms with van der Waals surface area (Å²) >= 11 is 0. The second-order valence-corrected chi connectivity index (χ2v) is 4.34. The van der Waals surface area contributed by atoms with Crippen LogP contribution >= 0.6 is 0 Å². The second kappa shape index (κ2) is 8.08. The molecule has 3 N–H and O–H groups in total. The summed E-state index contributed by atoms with van der Waals surface area (Å²) in [6, 6.07) is -0.118. The predicted octanol–water partition coefficient (Wildman–Crippen LogP) is 0.505. The maximum atomic E-state index is 11.4. The van der Waals surface area contributed by atoms with E-state index in [0.717, 1.165) is 39.1 Å². The van der Waals surface area contributed by atoms with E-state index in [-0.39, 0.29) is 6.03 Å². The molecule has 0 aliphatic carbocycles. The maximum Gasteiger partial charge on any atom is 0.318 e. The van der Waals surface area contributed by atoms with Gasteiger partial charge in [-0.25, -0.2) is 4.79 Å². The van der Waals surface area contributed by atoms with Crippen LogP contribution in [0.25, 0.3) is 0 Å². The SMILES string of the molecule is CC/C(C)=C/NC(=O)NCCN1CCNCC1. The highest BCUT2D eigenvalue weighted by molar-refractivity contribution is 5.74. The summed E-state index contributed by atoms with van der Waals surface area (Å²) in [5.74, 6) is 0. The van der Waals surface area contributed by atoms with E-state index in [1.54, 1.807) is 6.20 Å². The van der Waals surface area contributed by atoms with Crippen molar-refractivity contribution in [2.45, 2.75) is 20.3 Å². The van der Waals surface area contributed by atoms with Crippen molar-refractivity contribution in [2.75, 3.05) is 39.3 Å². The summed E-state index contributed by atoms with van der Waals surface area (Å²) in [5.41, 5.74) is 1.17. The Morgan fingerprint density at radius 3 is 2.76 bits per heavy atom. The lowest BCUT2D eigenvalue weighted by molar-refractivity contribution is 0.229. The first-order valence-electron chi connectivity index (χ1n) is 6.35. The molecular formula is C12H24N4O. The Kier molecular flexibility index (Phi) is 6.65. The summed E-state index contributed by atoms with van der Waals surface area (Å²) in [5, 5.41) is 8.88. The van der Waals surface area contributed by atoms with Crippen LogP contribution in [0.3, 0.4) is 0 Å². The van der Waals surface area contributed by atoms with Crippen molar-refractivity contribution >= 4 is 6.03 Å². The fourth-order valence-corrected chi connectivity index (χ4v) is 1.60. The molecule has 0 unspecified atom stereocenters. The first-order chi connectivity index (χ1) is 8.22. The standard InChI is InChI=1S/C12H24N4O/c1-3-11(2)10-15-12(17)14-6-9-16-7-4-13-5-8-16/h10,13H,3-9H2,1-2H3,(H2,14,15,17)/b11-10+. The van der Waals surface area contributed by atoms with Crippen molar-refractivity contribution < 1.29 is 4.79 Å². The molecule has 1 aliphatic rings. The molecule has 1 fully saturated rings. The number of piperazine rings is 1. The quantitative estimate of drug-likeness (QED) is 0.656. The highest BCUT2D eigenvalue weighted by atomic mass is 16.2. The van der Waals surface area contributed by atoms with Crippen LogP contribution in [0.5, 0.6) is 0 Å². The Morgan fingerprint density at radius 2 is 2.12 bits per heavy atom. The van der Waals surface area contributed by atoms with Crippen LogP contribution in [-0.2, 0) is 0 Å². The fraction of sp³-hybridized carbons (Fsp3) is 0.750. The van der Waals surface area contributed by atoms with Gasteiger partial charge in [-0.05, 0) is 13.3 Å². The molecule has 5 heteroatoms. The number of hydrogen-bond donors (Lipinski definition) is 3. The Morgan fingerprint density at radius 1 is 1.41 bits per heavy atom. The topological polar surface area (TPSA) is 56.4 Å². The Labute approximate surface area is 104 Å². The molecule has 17 heavy (non-hydrogen) atoms. The molecular weight excluding hydrogens is 216 g/mol. The molecule has 0 spiro atoms. The fourth-order valence-electron chi connectivity index (χ4n) is 1.60. The molecule has 98 valence electrons. The minimum absolute atomic E-state index is 0.118. The average molecular weight is 240 g/mol. The summed E-state index contributed by atoms with van der Waals surface area (Å²) in [6.07, 6.45) is 2.72. The van der Waals surface area contributed by atoms with Gasteiger partial charge in [-0.1, -0.05) is 12.5 Å². The first kappa shape index (κ1) is 14.0. The summed E-state index contributed by atoms with van der Waals surface area (Å²) in [4.78, 5) is 13.8. The van der Waals surface area contributed by atoms with E-state index in [1.807, 2.05) is 6.92 Å². The number of nitrogens with zero attached hydrogens (tertiary/aromatic N) is 1. The van der Waals surface area contributed by atoms with E-state index in [1.165, 1.54) is 5.57 Å². The number of allylic oxidation sites excluding steroid dienone is 1. The van der Waals surface area contributed by atoms with E-state index in [9.17, 15) is 4.79 Å². The number of carbonyl (C=O) groups excluding carboxylic acids is 1. The molecule has 0 aromatic carbocycles. The zero-order valence-electron chi connectivity index (χ0n) is 10.9. The van der Waals surface area contributed by atoms with Crippen molar-refractivity contribution in [1.29, 1.82) is 0 Å². The summed E-state index contributed by atoms with van der Waals surface area (Å²) in [6.45, 7) is 9.92. The van der Waals surface area contributed by atoms with Crippen molar-refractivity contribution in [3.05, 3.63) is 11.8 Å². The van der Waals surface area contributed by atoms with Crippen LogP contribution < -0.4 is 16.0 Å². The smallest absolute Gasteiger partial charge is 0.318 e. The van der Waals surface area contributed by atoms with Gasteiger partial charge in [-0.2, -0.15) is 0 Å². The zero-order chi connectivity index (χ0) is 12.5. The third-order valence-corrected chi connectivity index (χ3v) is 2.93. The Hall–Kier alpha value is -1.07. The monoisotopic (exact) mass is 240 g/mol. The lowest BCUT2D eigenvalue weighted by Gasteiger charge is -2.27. The van der Waals surface area contributed by atoms with E-state index in [2.05, 4.69) is 27.8 Å². The van der Waals surface area contributed by atoms with E-state index in [0.29, 0.717) is 6.54 Å². The van der Waals surface area contributed by atoms with E-state index < -0.39 is 0 Å². The summed E-state index contributed by atoms with van der Waals surface area (Å²) in [7, 11) is 0. The molecule has 0 radical (unpaired) electrons. The van der Waals surface area contributed by atoms with Crippen LogP contribution in [0, 0.1) is 0 Å². The van der Waals surface area contributed by atoms with Crippen LogP contribution in [-0.4, -0.2) is 50.2 Å². The largest absolute Gasteiger partial charge is 0.337 e. The lowest BCUT2D eigenvalue weighted by Crippen LogP contribution is -2.46. The number of urea groups is 1. The van der Waals surface area contributed by atoms with Gasteiger partial charge in [-0.15, -0.1) is 0 Å². The van der Waals surface area contributed by atoms with Crippen molar-refractivity contribution in [2.24, 2.45) is 0 Å².